The summed E-state index contributed by atoms with van der Waals surface area (Å²) in [6.07, 6.45) is 1.70. The number of hydrazine groups is 3. The number of nitrogens with one attached hydrogen (secondary N) is 3. The fourth-order valence-electron chi connectivity index (χ4n) is 2.50. The Hall–Kier alpha value is -2.92. The molecule has 1 aliphatic rings. The highest BCUT2D eigenvalue weighted by molar-refractivity contribution is 5.48. The molecular weight excluding hydrogens is 322 g/mol. The Kier molecular flexibility index (Phi) is 4.31. The molecule has 0 bridgehead atoms. The van der Waals surface area contributed by atoms with Crippen LogP contribution in [-0.2, 0) is 6.54 Å². The summed E-state index contributed by atoms with van der Waals surface area (Å²) < 4.78 is 5.51. The van der Waals surface area contributed by atoms with E-state index in [0.29, 0.717) is 24.7 Å². The Morgan fingerprint density at radius 1 is 1.24 bits per heavy atom. The number of pyridine rings is 1. The molecule has 1 fully saturated rings. The summed E-state index contributed by atoms with van der Waals surface area (Å²) in [7, 11) is 1.64. The average Bonchev–Trinajstić information content (AvgIpc) is 3.35. The first-order valence-corrected chi connectivity index (χ1v) is 7.70. The Bertz CT molecular complexity index is 845. The van der Waals surface area contributed by atoms with Crippen LogP contribution in [0.15, 0.2) is 42.6 Å². The Labute approximate surface area is 143 Å². The van der Waals surface area contributed by atoms with Gasteiger partial charge in [0.2, 0.25) is 5.82 Å². The molecule has 1 aromatic carbocycles. The third-order valence-corrected chi connectivity index (χ3v) is 3.74. The smallest absolute Gasteiger partial charge is 0.223 e. The van der Waals surface area contributed by atoms with E-state index in [0.717, 1.165) is 17.0 Å². The van der Waals surface area contributed by atoms with Gasteiger partial charge in [0.25, 0.3) is 0 Å². The van der Waals surface area contributed by atoms with Crippen LogP contribution in [0.4, 0.5) is 0 Å². The predicted octanol–water partition coefficient (Wildman–Crippen LogP) is 0.0198. The molecule has 1 saturated heterocycles. The minimum absolute atomic E-state index is 0.474. The average molecular weight is 339 g/mol. The zero-order valence-electron chi connectivity index (χ0n) is 13.5. The van der Waals surface area contributed by atoms with Crippen LogP contribution >= 0.6 is 0 Å². The van der Waals surface area contributed by atoms with Gasteiger partial charge in [0, 0.05) is 24.4 Å². The number of hydrogen-bond acceptors (Lipinski definition) is 9. The molecule has 0 amide bonds. The molecule has 10 nitrogen and oxygen atoms in total. The van der Waals surface area contributed by atoms with Crippen molar-refractivity contribution >= 4 is 0 Å². The highest BCUT2D eigenvalue weighted by atomic mass is 16.5. The monoisotopic (exact) mass is 339 g/mol. The second-order valence-electron chi connectivity index (χ2n) is 5.38. The molecule has 0 aliphatic carbocycles. The van der Waals surface area contributed by atoms with Crippen molar-refractivity contribution in [2.75, 3.05) is 13.8 Å². The van der Waals surface area contributed by atoms with Crippen LogP contribution in [0.5, 0.6) is 5.75 Å². The minimum atomic E-state index is 0.474. The summed E-state index contributed by atoms with van der Waals surface area (Å²) >= 11 is 0. The molecule has 0 atom stereocenters. The van der Waals surface area contributed by atoms with Crippen LogP contribution in [0.2, 0.25) is 0 Å². The van der Waals surface area contributed by atoms with Gasteiger partial charge in [0.05, 0.1) is 19.5 Å². The van der Waals surface area contributed by atoms with E-state index >= 15 is 0 Å². The van der Waals surface area contributed by atoms with E-state index in [1.807, 2.05) is 41.4 Å². The van der Waals surface area contributed by atoms with E-state index in [1.165, 1.54) is 4.80 Å². The zero-order chi connectivity index (χ0) is 17.1. The molecule has 25 heavy (non-hydrogen) atoms. The van der Waals surface area contributed by atoms with Crippen molar-refractivity contribution < 1.29 is 4.74 Å². The number of benzene rings is 1. The lowest BCUT2D eigenvalue weighted by atomic mass is 10.2. The molecule has 10 heteroatoms. The van der Waals surface area contributed by atoms with Gasteiger partial charge in [-0.1, -0.05) is 12.1 Å². The quantitative estimate of drug-likeness (QED) is 0.593. The first-order chi connectivity index (χ1) is 12.3. The van der Waals surface area contributed by atoms with Crippen molar-refractivity contribution in [1.82, 2.24) is 46.7 Å². The number of ether oxygens (including phenoxy) is 1. The molecule has 0 radical (unpaired) electrons. The second-order valence-corrected chi connectivity index (χ2v) is 5.38. The van der Waals surface area contributed by atoms with Crippen LogP contribution in [-0.4, -0.2) is 44.0 Å². The number of methoxy groups -OCH3 is 1. The highest BCUT2D eigenvalue weighted by Crippen LogP contribution is 2.23. The standard InChI is InChI=1S/C15H17N9O/c1-25-14-8-12(6-5-11(14)9-23-10-17-20-22-23)24-19-15(18-21-24)13-4-2-3-7-16-13/h2-8,17,20,22H,9-10H2,1H3. The van der Waals surface area contributed by atoms with E-state index in [2.05, 4.69) is 36.9 Å². The summed E-state index contributed by atoms with van der Waals surface area (Å²) in [6.45, 7) is 1.36. The van der Waals surface area contributed by atoms with E-state index in [4.69, 9.17) is 4.74 Å². The third-order valence-electron chi connectivity index (χ3n) is 3.74. The summed E-state index contributed by atoms with van der Waals surface area (Å²) in [5.74, 6) is 1.23. The lowest BCUT2D eigenvalue weighted by Gasteiger charge is -2.16. The Morgan fingerprint density at radius 2 is 2.20 bits per heavy atom. The van der Waals surface area contributed by atoms with E-state index in [1.54, 1.807) is 13.3 Å². The van der Waals surface area contributed by atoms with Crippen molar-refractivity contribution in [3.63, 3.8) is 0 Å². The first-order valence-electron chi connectivity index (χ1n) is 7.70. The van der Waals surface area contributed by atoms with Gasteiger partial charge in [-0.15, -0.1) is 15.0 Å². The molecule has 3 aromatic rings. The van der Waals surface area contributed by atoms with Gasteiger partial charge in [-0.2, -0.15) is 11.1 Å². The summed E-state index contributed by atoms with van der Waals surface area (Å²) in [5.41, 5.74) is 11.3. The van der Waals surface area contributed by atoms with Gasteiger partial charge in [0.1, 0.15) is 11.4 Å². The maximum atomic E-state index is 5.51. The summed E-state index contributed by atoms with van der Waals surface area (Å²) in [6, 6.07) is 11.4. The van der Waals surface area contributed by atoms with Crippen molar-refractivity contribution in [2.45, 2.75) is 6.54 Å². The van der Waals surface area contributed by atoms with Crippen molar-refractivity contribution in [3.05, 3.63) is 48.2 Å². The second kappa shape index (κ2) is 6.91. The summed E-state index contributed by atoms with van der Waals surface area (Å²) in [5, 5.41) is 14.5. The number of rotatable bonds is 5. The maximum absolute atomic E-state index is 5.51. The lowest BCUT2D eigenvalue weighted by molar-refractivity contribution is 0.221. The molecule has 0 spiro atoms. The molecule has 3 N–H and O–H groups in total. The van der Waals surface area contributed by atoms with E-state index < -0.39 is 0 Å². The van der Waals surface area contributed by atoms with Crippen molar-refractivity contribution in [3.8, 4) is 23.0 Å². The van der Waals surface area contributed by atoms with Crippen molar-refractivity contribution in [2.24, 2.45) is 0 Å². The minimum Gasteiger partial charge on any atom is -0.496 e. The SMILES string of the molecule is COc1cc(-n2nnc(-c3ccccn3)n2)ccc1CN1CNNN1. The van der Waals surface area contributed by atoms with Crippen molar-refractivity contribution in [1.29, 1.82) is 0 Å². The molecule has 4 rings (SSSR count). The van der Waals surface area contributed by atoms with Gasteiger partial charge in [0.15, 0.2) is 0 Å². The fraction of sp³-hybridized carbons (Fsp3) is 0.200. The van der Waals surface area contributed by atoms with Gasteiger partial charge in [-0.25, -0.2) is 10.4 Å². The van der Waals surface area contributed by atoms with Gasteiger partial charge in [-0.05, 0) is 23.4 Å². The fourth-order valence-corrected chi connectivity index (χ4v) is 2.50. The first kappa shape index (κ1) is 15.6. The van der Waals surface area contributed by atoms with Crippen LogP contribution in [0, 0.1) is 0 Å². The van der Waals surface area contributed by atoms with Crippen LogP contribution in [0.1, 0.15) is 5.56 Å². The van der Waals surface area contributed by atoms with E-state index in [9.17, 15) is 0 Å². The van der Waals surface area contributed by atoms with Gasteiger partial charge in [-0.3, -0.25) is 4.98 Å². The van der Waals surface area contributed by atoms with Crippen LogP contribution < -0.4 is 21.2 Å². The normalized spacial score (nSPS) is 14.8. The number of tetrazole rings is 1. The maximum Gasteiger partial charge on any atom is 0.223 e. The number of hydrogen-bond donors (Lipinski definition) is 3. The molecule has 128 valence electrons. The summed E-state index contributed by atoms with van der Waals surface area (Å²) in [4.78, 5) is 5.70. The predicted molar refractivity (Wildman–Crippen MR) is 88.8 cm³/mol. The van der Waals surface area contributed by atoms with Crippen LogP contribution in [0.25, 0.3) is 17.2 Å². The van der Waals surface area contributed by atoms with Gasteiger partial charge >= 0.3 is 0 Å². The molecule has 1 aliphatic heterocycles. The molecule has 0 unspecified atom stereocenters. The largest absolute Gasteiger partial charge is 0.496 e. The zero-order valence-corrected chi connectivity index (χ0v) is 13.5. The Morgan fingerprint density at radius 3 is 2.96 bits per heavy atom. The molecule has 3 heterocycles. The molecule has 0 saturated carbocycles. The Balaban J connectivity index is 1.59. The number of aromatic nitrogens is 5. The lowest BCUT2D eigenvalue weighted by Crippen LogP contribution is -2.36. The number of nitrogens with zero attached hydrogens (tertiary/aromatic N) is 6. The third kappa shape index (κ3) is 3.32. The topological polar surface area (TPSA) is 105 Å². The molecular formula is C15H17N9O. The highest BCUT2D eigenvalue weighted by Gasteiger charge is 2.15. The van der Waals surface area contributed by atoms with E-state index in [-0.39, 0.29) is 0 Å². The molecule has 2 aromatic heterocycles. The van der Waals surface area contributed by atoms with Gasteiger partial charge < -0.3 is 4.74 Å². The van der Waals surface area contributed by atoms with Crippen LogP contribution in [0.3, 0.4) is 0 Å².